The van der Waals surface area contributed by atoms with Crippen molar-refractivity contribution in [3.63, 3.8) is 0 Å². The van der Waals surface area contributed by atoms with Crippen molar-refractivity contribution in [3.8, 4) is 17.2 Å². The molecule has 158 valence electrons. The molecule has 0 radical (unpaired) electrons. The van der Waals surface area contributed by atoms with Gasteiger partial charge in [-0.25, -0.2) is 9.59 Å². The first kappa shape index (κ1) is 21.3. The molecule has 3 N–H and O–H groups in total. The van der Waals surface area contributed by atoms with Crippen LogP contribution >= 0.6 is 11.6 Å². The van der Waals surface area contributed by atoms with Gasteiger partial charge < -0.3 is 30.0 Å². The van der Waals surface area contributed by atoms with Gasteiger partial charge in [-0.15, -0.1) is 0 Å². The van der Waals surface area contributed by atoms with E-state index >= 15 is 0 Å². The van der Waals surface area contributed by atoms with E-state index in [-0.39, 0.29) is 40.0 Å². The zero-order chi connectivity index (χ0) is 21.8. The highest BCUT2D eigenvalue weighted by molar-refractivity contribution is 6.30. The number of urea groups is 1. The van der Waals surface area contributed by atoms with Crippen LogP contribution < -0.4 is 20.1 Å². The predicted octanol–water partition coefficient (Wildman–Crippen LogP) is 3.39. The Morgan fingerprint density at radius 1 is 1.17 bits per heavy atom. The number of phenolic OH excluding ortho intramolecular Hbond substituents is 1. The van der Waals surface area contributed by atoms with Crippen LogP contribution in [-0.2, 0) is 9.53 Å². The number of carbonyl (C=O) groups excluding carboxylic acids is 2. The molecule has 1 aliphatic rings. The fourth-order valence-corrected chi connectivity index (χ4v) is 3.40. The second-order valence-corrected chi connectivity index (χ2v) is 6.75. The van der Waals surface area contributed by atoms with E-state index < -0.39 is 18.0 Å². The average molecular weight is 433 g/mol. The van der Waals surface area contributed by atoms with Crippen LogP contribution in [0.3, 0.4) is 0 Å². The van der Waals surface area contributed by atoms with E-state index in [0.717, 1.165) is 0 Å². The third kappa shape index (κ3) is 4.13. The molecule has 2 aromatic carbocycles. The first-order chi connectivity index (χ1) is 14.4. The Labute approximate surface area is 178 Å². The van der Waals surface area contributed by atoms with Gasteiger partial charge in [0, 0.05) is 16.7 Å². The Bertz CT molecular complexity index is 1000. The van der Waals surface area contributed by atoms with Gasteiger partial charge in [0.2, 0.25) is 0 Å². The van der Waals surface area contributed by atoms with Gasteiger partial charge in [0.1, 0.15) is 5.75 Å². The lowest BCUT2D eigenvalue weighted by molar-refractivity contribution is -0.138. The van der Waals surface area contributed by atoms with Crippen LogP contribution in [-0.4, -0.2) is 37.9 Å². The summed E-state index contributed by atoms with van der Waals surface area (Å²) in [6.45, 7) is 1.80. The Balaban J connectivity index is 2.24. The van der Waals surface area contributed by atoms with Crippen LogP contribution in [0.15, 0.2) is 42.0 Å². The number of ether oxygens (including phenoxy) is 3. The molecule has 0 saturated carbocycles. The summed E-state index contributed by atoms with van der Waals surface area (Å²) in [6.07, 6.45) is 0. The summed E-state index contributed by atoms with van der Waals surface area (Å²) in [4.78, 5) is 25.4. The number of carbonyl (C=O) groups is 2. The van der Waals surface area contributed by atoms with Crippen molar-refractivity contribution in [1.29, 1.82) is 0 Å². The number of aromatic hydroxyl groups is 1. The van der Waals surface area contributed by atoms with Crippen molar-refractivity contribution in [1.82, 2.24) is 10.6 Å². The topological polar surface area (TPSA) is 106 Å². The van der Waals surface area contributed by atoms with Crippen molar-refractivity contribution in [3.05, 3.63) is 58.1 Å². The van der Waals surface area contributed by atoms with E-state index in [0.29, 0.717) is 11.3 Å². The molecule has 9 heteroatoms. The fraction of sp³-hybridized carbons (Fsp3) is 0.238. The molecule has 1 atom stereocenters. The molecule has 0 aliphatic carbocycles. The standard InChI is InChI=1S/C21H21ClN2O6/c1-4-30-20(26)16-17(11-5-7-13(28-2)8-6-11)23-21(27)24-18(16)14-9-12(22)10-15(29-3)19(14)25/h5-10,18,25H,4H2,1-3H3,(H2,23,24,27). The molecule has 1 aliphatic heterocycles. The summed E-state index contributed by atoms with van der Waals surface area (Å²) >= 11 is 6.17. The van der Waals surface area contributed by atoms with Gasteiger partial charge in [-0.05, 0) is 42.8 Å². The minimum atomic E-state index is -1.03. The van der Waals surface area contributed by atoms with Gasteiger partial charge in [0.25, 0.3) is 0 Å². The molecular weight excluding hydrogens is 412 g/mol. The molecule has 8 nitrogen and oxygen atoms in total. The molecule has 0 saturated heterocycles. The zero-order valence-corrected chi connectivity index (χ0v) is 17.4. The number of halogens is 1. The van der Waals surface area contributed by atoms with Gasteiger partial charge in [-0.3, -0.25) is 0 Å². The molecule has 0 fully saturated rings. The summed E-state index contributed by atoms with van der Waals surface area (Å²) in [6, 6.07) is 8.12. The lowest BCUT2D eigenvalue weighted by Gasteiger charge is -2.30. The summed E-state index contributed by atoms with van der Waals surface area (Å²) in [5.41, 5.74) is 1.12. The molecule has 0 spiro atoms. The number of esters is 1. The minimum absolute atomic E-state index is 0.111. The van der Waals surface area contributed by atoms with Crippen LogP contribution in [0, 0.1) is 0 Å². The van der Waals surface area contributed by atoms with E-state index in [1.54, 1.807) is 31.2 Å². The summed E-state index contributed by atoms with van der Waals surface area (Å²) in [5, 5.41) is 16.2. The number of nitrogens with one attached hydrogen (secondary N) is 2. The Morgan fingerprint density at radius 2 is 1.87 bits per heavy atom. The van der Waals surface area contributed by atoms with Crippen LogP contribution in [0.5, 0.6) is 17.2 Å². The van der Waals surface area contributed by atoms with Gasteiger partial charge in [-0.1, -0.05) is 11.6 Å². The molecule has 0 aromatic heterocycles. The summed E-state index contributed by atoms with van der Waals surface area (Å²) in [7, 11) is 2.91. The molecule has 0 bridgehead atoms. The molecule has 2 amide bonds. The lowest BCUT2D eigenvalue weighted by Crippen LogP contribution is -2.45. The van der Waals surface area contributed by atoms with E-state index in [1.165, 1.54) is 26.4 Å². The highest BCUT2D eigenvalue weighted by Gasteiger charge is 2.36. The number of methoxy groups -OCH3 is 2. The summed E-state index contributed by atoms with van der Waals surface area (Å²) < 4.78 is 15.6. The maximum Gasteiger partial charge on any atom is 0.338 e. The second kappa shape index (κ2) is 8.96. The zero-order valence-electron chi connectivity index (χ0n) is 16.6. The largest absolute Gasteiger partial charge is 0.504 e. The highest BCUT2D eigenvalue weighted by atomic mass is 35.5. The number of phenols is 1. The van der Waals surface area contributed by atoms with Crippen molar-refractivity contribution in [2.24, 2.45) is 0 Å². The van der Waals surface area contributed by atoms with Crippen LogP contribution in [0.4, 0.5) is 4.79 Å². The van der Waals surface area contributed by atoms with Crippen molar-refractivity contribution in [2.45, 2.75) is 13.0 Å². The first-order valence-electron chi connectivity index (χ1n) is 9.09. The molecule has 1 unspecified atom stereocenters. The first-order valence-corrected chi connectivity index (χ1v) is 9.47. The van der Waals surface area contributed by atoms with Crippen LogP contribution in [0.1, 0.15) is 24.1 Å². The number of benzene rings is 2. The normalized spacial score (nSPS) is 15.9. The van der Waals surface area contributed by atoms with Crippen molar-refractivity contribution in [2.75, 3.05) is 20.8 Å². The van der Waals surface area contributed by atoms with E-state index in [2.05, 4.69) is 10.6 Å². The van der Waals surface area contributed by atoms with Gasteiger partial charge in [0.15, 0.2) is 11.5 Å². The third-order valence-electron chi connectivity index (χ3n) is 4.55. The average Bonchev–Trinajstić information content (AvgIpc) is 2.74. The fourth-order valence-electron chi connectivity index (χ4n) is 3.18. The number of rotatable bonds is 6. The van der Waals surface area contributed by atoms with Gasteiger partial charge in [-0.2, -0.15) is 0 Å². The Hall–Kier alpha value is -3.39. The molecule has 3 rings (SSSR count). The second-order valence-electron chi connectivity index (χ2n) is 6.32. The molecule has 2 aromatic rings. The van der Waals surface area contributed by atoms with E-state index in [4.69, 9.17) is 25.8 Å². The molecular formula is C21H21ClN2O6. The third-order valence-corrected chi connectivity index (χ3v) is 4.76. The lowest BCUT2D eigenvalue weighted by atomic mass is 9.92. The smallest absolute Gasteiger partial charge is 0.338 e. The Kier molecular flexibility index (Phi) is 6.37. The molecule has 1 heterocycles. The quantitative estimate of drug-likeness (QED) is 0.604. The number of hydrogen-bond donors (Lipinski definition) is 3. The Morgan fingerprint density at radius 3 is 2.47 bits per heavy atom. The van der Waals surface area contributed by atoms with Crippen LogP contribution in [0.2, 0.25) is 5.02 Å². The van der Waals surface area contributed by atoms with Crippen LogP contribution in [0.25, 0.3) is 5.70 Å². The van der Waals surface area contributed by atoms with Gasteiger partial charge >= 0.3 is 12.0 Å². The summed E-state index contributed by atoms with van der Waals surface area (Å²) in [5.74, 6) is -0.172. The van der Waals surface area contributed by atoms with Gasteiger partial charge in [0.05, 0.1) is 38.1 Å². The predicted molar refractivity (Wildman–Crippen MR) is 111 cm³/mol. The van der Waals surface area contributed by atoms with E-state index in [9.17, 15) is 14.7 Å². The van der Waals surface area contributed by atoms with Crippen molar-refractivity contribution < 1.29 is 28.9 Å². The SMILES string of the molecule is CCOC(=O)C1=C(c2ccc(OC)cc2)NC(=O)NC1c1cc(Cl)cc(OC)c1O. The number of amides is 2. The van der Waals surface area contributed by atoms with Crippen molar-refractivity contribution >= 4 is 29.3 Å². The minimum Gasteiger partial charge on any atom is -0.504 e. The number of hydrogen-bond acceptors (Lipinski definition) is 6. The highest BCUT2D eigenvalue weighted by Crippen LogP contribution is 2.41. The monoisotopic (exact) mass is 432 g/mol. The van der Waals surface area contributed by atoms with E-state index in [1.807, 2.05) is 0 Å². The molecule has 30 heavy (non-hydrogen) atoms. The maximum absolute atomic E-state index is 12.9. The maximum atomic E-state index is 12.9.